The summed E-state index contributed by atoms with van der Waals surface area (Å²) in [5, 5.41) is 1.13. The second-order valence-electron chi connectivity index (χ2n) is 7.59. The number of carbonyl (C=O) groups is 2. The molecule has 8 nitrogen and oxygen atoms in total. The first kappa shape index (κ1) is 22.8. The van der Waals surface area contributed by atoms with Crippen LogP contribution in [0.5, 0.6) is 5.75 Å². The van der Waals surface area contributed by atoms with Gasteiger partial charge in [-0.05, 0) is 72.4 Å². The molecular formula is C25H18BrN5O3S. The van der Waals surface area contributed by atoms with Crippen LogP contribution in [-0.4, -0.2) is 39.0 Å². The molecule has 1 aliphatic heterocycles. The van der Waals surface area contributed by atoms with Crippen LogP contribution < -0.4 is 15.1 Å². The molecule has 0 aliphatic carbocycles. The number of ether oxygens (including phenoxy) is 1. The molecule has 10 heteroatoms. The molecule has 0 radical (unpaired) electrons. The average Bonchev–Trinajstić information content (AvgIpc) is 3.29. The van der Waals surface area contributed by atoms with Crippen molar-refractivity contribution in [3.05, 3.63) is 88.4 Å². The minimum absolute atomic E-state index is 0.0188. The molecule has 174 valence electrons. The fourth-order valence-corrected chi connectivity index (χ4v) is 4.21. The number of hydrazine groups is 1. The number of nitrogens with zero attached hydrogens (tertiary/aromatic N) is 3. The first-order valence-electron chi connectivity index (χ1n) is 10.5. The SMILES string of the molecule is COc1ccc(/C=C2/C(=O)N(Nc3nc4ccccc4[nH]3)C(=S)N(c3ccc(Br)cc3)C2=O)cc1. The van der Waals surface area contributed by atoms with Gasteiger partial charge in [-0.1, -0.05) is 40.2 Å². The maximum Gasteiger partial charge on any atom is 0.284 e. The quantitative estimate of drug-likeness (QED) is 0.210. The number of anilines is 2. The molecule has 5 rings (SSSR count). The Morgan fingerprint density at radius 3 is 2.40 bits per heavy atom. The molecule has 0 atom stereocenters. The summed E-state index contributed by atoms with van der Waals surface area (Å²) in [6.45, 7) is 0. The highest BCUT2D eigenvalue weighted by atomic mass is 79.9. The number of carbonyl (C=O) groups excluding carboxylic acids is 2. The van der Waals surface area contributed by atoms with Crippen LogP contribution in [0.15, 0.2) is 82.8 Å². The predicted molar refractivity (Wildman–Crippen MR) is 142 cm³/mol. The van der Waals surface area contributed by atoms with Gasteiger partial charge < -0.3 is 9.72 Å². The third kappa shape index (κ3) is 4.41. The first-order chi connectivity index (χ1) is 16.9. The number of para-hydroxylation sites is 2. The van der Waals surface area contributed by atoms with Gasteiger partial charge in [0.2, 0.25) is 11.1 Å². The van der Waals surface area contributed by atoms with Crippen molar-refractivity contribution in [2.45, 2.75) is 0 Å². The summed E-state index contributed by atoms with van der Waals surface area (Å²) < 4.78 is 6.04. The maximum atomic E-state index is 13.5. The van der Waals surface area contributed by atoms with Gasteiger partial charge in [-0.3, -0.25) is 19.9 Å². The Morgan fingerprint density at radius 1 is 1.00 bits per heavy atom. The van der Waals surface area contributed by atoms with Crippen molar-refractivity contribution in [3.8, 4) is 5.75 Å². The van der Waals surface area contributed by atoms with E-state index in [0.717, 1.165) is 20.5 Å². The number of rotatable bonds is 5. The van der Waals surface area contributed by atoms with Crippen LogP contribution in [0.3, 0.4) is 0 Å². The number of hydrogen-bond donors (Lipinski definition) is 2. The van der Waals surface area contributed by atoms with Crippen LogP contribution in [0.25, 0.3) is 17.1 Å². The second-order valence-corrected chi connectivity index (χ2v) is 8.87. The highest BCUT2D eigenvalue weighted by Crippen LogP contribution is 2.28. The fourth-order valence-electron chi connectivity index (χ4n) is 3.62. The molecule has 1 saturated heterocycles. The lowest BCUT2D eigenvalue weighted by Gasteiger charge is -2.36. The molecule has 1 aliphatic rings. The van der Waals surface area contributed by atoms with E-state index in [1.807, 2.05) is 24.3 Å². The van der Waals surface area contributed by atoms with Gasteiger partial charge in [0.25, 0.3) is 11.8 Å². The number of imidazole rings is 1. The van der Waals surface area contributed by atoms with E-state index in [1.165, 1.54) is 11.0 Å². The zero-order valence-electron chi connectivity index (χ0n) is 18.4. The lowest BCUT2D eigenvalue weighted by Crippen LogP contribution is -2.58. The van der Waals surface area contributed by atoms with Crippen molar-refractivity contribution >= 4 is 73.8 Å². The number of aromatic nitrogens is 2. The van der Waals surface area contributed by atoms with Crippen LogP contribution in [0.4, 0.5) is 11.6 Å². The van der Waals surface area contributed by atoms with Gasteiger partial charge in [-0.25, -0.2) is 4.98 Å². The zero-order valence-corrected chi connectivity index (χ0v) is 20.8. The number of thiocarbonyl (C=S) groups is 1. The molecule has 0 bridgehead atoms. The van der Waals surface area contributed by atoms with Crippen LogP contribution in [-0.2, 0) is 9.59 Å². The molecule has 0 spiro atoms. The van der Waals surface area contributed by atoms with E-state index in [2.05, 4.69) is 31.3 Å². The third-order valence-electron chi connectivity index (χ3n) is 5.37. The minimum Gasteiger partial charge on any atom is -0.497 e. The van der Waals surface area contributed by atoms with Crippen LogP contribution in [0.1, 0.15) is 5.56 Å². The number of amides is 2. The molecule has 1 aromatic heterocycles. The average molecular weight is 548 g/mol. The number of aromatic amines is 1. The number of methoxy groups -OCH3 is 1. The van der Waals surface area contributed by atoms with E-state index in [-0.39, 0.29) is 10.7 Å². The molecule has 2 heterocycles. The Labute approximate surface area is 214 Å². The van der Waals surface area contributed by atoms with E-state index >= 15 is 0 Å². The van der Waals surface area contributed by atoms with Crippen molar-refractivity contribution in [1.29, 1.82) is 0 Å². The van der Waals surface area contributed by atoms with Crippen molar-refractivity contribution in [2.24, 2.45) is 0 Å². The summed E-state index contributed by atoms with van der Waals surface area (Å²) in [4.78, 5) is 35.9. The highest BCUT2D eigenvalue weighted by molar-refractivity contribution is 9.10. The van der Waals surface area contributed by atoms with Crippen molar-refractivity contribution in [1.82, 2.24) is 15.0 Å². The second kappa shape index (κ2) is 9.32. The smallest absolute Gasteiger partial charge is 0.284 e. The summed E-state index contributed by atoms with van der Waals surface area (Å²) in [5.74, 6) is -0.138. The van der Waals surface area contributed by atoms with Crippen LogP contribution >= 0.6 is 28.1 Å². The molecule has 35 heavy (non-hydrogen) atoms. The molecular weight excluding hydrogens is 530 g/mol. The molecule has 0 unspecified atom stereocenters. The Bertz CT molecular complexity index is 1450. The topological polar surface area (TPSA) is 90.6 Å². The van der Waals surface area contributed by atoms with Gasteiger partial charge in [0.1, 0.15) is 11.3 Å². The van der Waals surface area contributed by atoms with E-state index in [9.17, 15) is 9.59 Å². The molecule has 4 aromatic rings. The largest absolute Gasteiger partial charge is 0.497 e. The monoisotopic (exact) mass is 547 g/mol. The first-order valence-corrected chi connectivity index (χ1v) is 11.7. The Hall–Kier alpha value is -4.02. The van der Waals surface area contributed by atoms with Crippen molar-refractivity contribution < 1.29 is 14.3 Å². The number of fused-ring (bicyclic) bond motifs is 1. The van der Waals surface area contributed by atoms with E-state index < -0.39 is 11.8 Å². The summed E-state index contributed by atoms with van der Waals surface area (Å²) >= 11 is 9.00. The summed E-state index contributed by atoms with van der Waals surface area (Å²) in [7, 11) is 1.57. The number of hydrogen-bond acceptors (Lipinski definition) is 6. The van der Waals surface area contributed by atoms with Crippen LogP contribution in [0, 0.1) is 0 Å². The molecule has 1 fully saturated rings. The molecule has 2 N–H and O–H groups in total. The standard InChI is InChI=1S/C25H18BrN5O3S/c1-34-18-12-6-15(7-13-18)14-19-22(32)30(17-10-8-16(26)9-11-17)25(35)31(23(19)33)29-24-27-20-4-2-3-5-21(20)28-24/h2-14H,1H3,(H2,27,28,29)/b19-14+. The lowest BCUT2D eigenvalue weighted by molar-refractivity contribution is -0.127. The summed E-state index contributed by atoms with van der Waals surface area (Å²) in [5.41, 5.74) is 5.58. The van der Waals surface area contributed by atoms with Crippen LogP contribution in [0.2, 0.25) is 0 Å². The van der Waals surface area contributed by atoms with E-state index in [4.69, 9.17) is 17.0 Å². The number of nitrogens with one attached hydrogen (secondary N) is 2. The Kier molecular flexibility index (Phi) is 6.06. The Balaban J connectivity index is 1.57. The number of benzene rings is 3. The van der Waals surface area contributed by atoms with Gasteiger partial charge in [-0.15, -0.1) is 0 Å². The highest BCUT2D eigenvalue weighted by Gasteiger charge is 2.41. The summed E-state index contributed by atoms with van der Waals surface area (Å²) in [6, 6.07) is 21.6. The van der Waals surface area contributed by atoms with Crippen molar-refractivity contribution in [2.75, 3.05) is 17.4 Å². The van der Waals surface area contributed by atoms with Gasteiger partial charge in [0.15, 0.2) is 0 Å². The minimum atomic E-state index is -0.593. The van der Waals surface area contributed by atoms with E-state index in [0.29, 0.717) is 22.9 Å². The fraction of sp³-hybridized carbons (Fsp3) is 0.0400. The van der Waals surface area contributed by atoms with Gasteiger partial charge in [0.05, 0.1) is 23.8 Å². The lowest BCUT2D eigenvalue weighted by atomic mass is 10.1. The normalized spacial score (nSPS) is 15.3. The third-order valence-corrected chi connectivity index (χ3v) is 6.26. The maximum absolute atomic E-state index is 13.5. The Morgan fingerprint density at radius 2 is 1.71 bits per heavy atom. The zero-order chi connectivity index (χ0) is 24.5. The van der Waals surface area contributed by atoms with Gasteiger partial charge in [0, 0.05) is 4.47 Å². The summed E-state index contributed by atoms with van der Waals surface area (Å²) in [6.07, 6.45) is 1.53. The van der Waals surface area contributed by atoms with Crippen molar-refractivity contribution in [3.63, 3.8) is 0 Å². The van der Waals surface area contributed by atoms with Gasteiger partial charge in [-0.2, -0.15) is 5.01 Å². The molecule has 2 amide bonds. The van der Waals surface area contributed by atoms with Gasteiger partial charge >= 0.3 is 0 Å². The number of H-pyrrole nitrogens is 1. The predicted octanol–water partition coefficient (Wildman–Crippen LogP) is 4.90. The molecule has 3 aromatic carbocycles. The number of halogens is 1. The van der Waals surface area contributed by atoms with E-state index in [1.54, 1.807) is 55.6 Å². The molecule has 0 saturated carbocycles.